The van der Waals surface area contributed by atoms with Gasteiger partial charge in [-0.3, -0.25) is 9.59 Å². The molecule has 8 heteroatoms. The molecule has 1 aliphatic rings. The smallest absolute Gasteiger partial charge is 0.261 e. The molecule has 0 saturated carbocycles. The molecule has 0 spiro atoms. The molecule has 4 rings (SSSR count). The van der Waals surface area contributed by atoms with Gasteiger partial charge in [0.1, 0.15) is 6.10 Å². The largest absolute Gasteiger partial charge is 0.400 e. The molecule has 1 aliphatic heterocycles. The summed E-state index contributed by atoms with van der Waals surface area (Å²) in [5, 5.41) is 1.30. The van der Waals surface area contributed by atoms with Gasteiger partial charge in [0.05, 0.1) is 13.2 Å². The summed E-state index contributed by atoms with van der Waals surface area (Å²) in [4.78, 5) is 26.5. The van der Waals surface area contributed by atoms with E-state index in [2.05, 4.69) is 57.7 Å². The van der Waals surface area contributed by atoms with Crippen LogP contribution in [0.3, 0.4) is 0 Å². The zero-order valence-electron chi connectivity index (χ0n) is 23.7. The number of thiol groups is 1. The van der Waals surface area contributed by atoms with E-state index in [9.17, 15) is 9.59 Å². The lowest BCUT2D eigenvalue weighted by Crippen LogP contribution is -2.67. The molecule has 1 fully saturated rings. The number of carbonyl (C=O) groups excluding carboxylic acids is 2. The van der Waals surface area contributed by atoms with Gasteiger partial charge in [0.15, 0.2) is 23.8 Å². The molecule has 1 heterocycles. The van der Waals surface area contributed by atoms with E-state index < -0.39 is 37.5 Å². The zero-order valence-corrected chi connectivity index (χ0v) is 25.6. The Bertz CT molecular complexity index is 1240. The fraction of sp³-hybridized carbons (Fsp3) is 0.375. The zero-order chi connectivity index (χ0) is 29.0. The monoisotopic (exact) mass is 578 g/mol. The first-order chi connectivity index (χ1) is 18.9. The number of rotatable bonds is 11. The van der Waals surface area contributed by atoms with Crippen LogP contribution in [0.25, 0.3) is 0 Å². The van der Waals surface area contributed by atoms with Crippen molar-refractivity contribution in [3.05, 3.63) is 96.6 Å². The molecule has 0 bridgehead atoms. The topological polar surface area (TPSA) is 71.1 Å². The molecule has 0 amide bonds. The summed E-state index contributed by atoms with van der Waals surface area (Å²) in [6, 6.07) is 29.7. The maximum Gasteiger partial charge on any atom is 0.261 e. The molecule has 40 heavy (non-hydrogen) atoms. The van der Waals surface area contributed by atoms with Crippen molar-refractivity contribution in [2.24, 2.45) is 0 Å². The van der Waals surface area contributed by atoms with Gasteiger partial charge in [-0.05, 0) is 34.8 Å². The molecule has 0 N–H and O–H groups in total. The summed E-state index contributed by atoms with van der Waals surface area (Å²) in [7, 11) is -2.96. The van der Waals surface area contributed by atoms with E-state index in [1.54, 1.807) is 13.8 Å². The molecule has 2 unspecified atom stereocenters. The highest BCUT2D eigenvalue weighted by atomic mass is 32.1. The van der Waals surface area contributed by atoms with Crippen molar-refractivity contribution in [2.45, 2.75) is 70.4 Å². The predicted octanol–water partition coefficient (Wildman–Crippen LogP) is 4.69. The highest BCUT2D eigenvalue weighted by Gasteiger charge is 2.53. The molecular weight excluding hydrogens is 540 g/mol. The van der Waals surface area contributed by atoms with E-state index in [0.717, 1.165) is 15.9 Å². The minimum atomic E-state index is -2.96. The fourth-order valence-corrected chi connectivity index (χ4v) is 10.1. The number of hydrogen-bond donors (Lipinski definition) is 1. The highest BCUT2D eigenvalue weighted by molar-refractivity contribution is 7.96. The number of hydrogen-bond acceptors (Lipinski definition) is 6. The van der Waals surface area contributed by atoms with Crippen LogP contribution in [0.2, 0.25) is 5.04 Å². The van der Waals surface area contributed by atoms with Crippen LogP contribution in [-0.4, -0.2) is 49.9 Å². The summed E-state index contributed by atoms with van der Waals surface area (Å²) >= 11 is 4.08. The van der Waals surface area contributed by atoms with Gasteiger partial charge in [0.25, 0.3) is 8.32 Å². The summed E-state index contributed by atoms with van der Waals surface area (Å²) in [5.74, 6) is -1.41. The van der Waals surface area contributed by atoms with E-state index in [4.69, 9.17) is 18.6 Å². The van der Waals surface area contributed by atoms with E-state index >= 15 is 0 Å². The van der Waals surface area contributed by atoms with Gasteiger partial charge in [-0.1, -0.05) is 112 Å². The number of benzene rings is 3. The molecule has 1 saturated heterocycles. The molecule has 0 radical (unpaired) electrons. The van der Waals surface area contributed by atoms with Crippen LogP contribution in [0.4, 0.5) is 0 Å². The fourth-order valence-electron chi connectivity index (χ4n) is 5.35. The third-order valence-corrected chi connectivity index (χ3v) is 12.3. The number of carbonyl (C=O) groups is 2. The average Bonchev–Trinajstić information content (AvgIpc) is 3.25. The SMILES string of the molecule is CC1(C)OC(C(OCc2ccccc2)C(=O)S)[C@H](C(=O)CO[Si](c2ccccc2)(c2ccccc2)C(C)(C)C)O1. The molecule has 3 aromatic carbocycles. The number of ether oxygens (including phenoxy) is 3. The Hall–Kier alpha value is -2.59. The average molecular weight is 579 g/mol. The molecule has 3 aromatic rings. The third kappa shape index (κ3) is 6.65. The standard InChI is InChI=1S/C32H38O6SSi/c1-31(2,3)40(24-17-11-7-12-18-24,25-19-13-8-14-20-25)36-22-26(33)27-28(38-32(4,5)37-27)29(30(34)39)35-21-23-15-9-6-10-16-23/h6-20,27-29H,21-22H2,1-5H3,(H,34,39)/t27-,28?,29?/m0/s1. The lowest BCUT2D eigenvalue weighted by atomic mass is 10.1. The van der Waals surface area contributed by atoms with Crippen molar-refractivity contribution < 1.29 is 28.2 Å². The van der Waals surface area contributed by atoms with Crippen LogP contribution in [0.15, 0.2) is 91.0 Å². The first kappa shape index (κ1) is 30.4. The summed E-state index contributed by atoms with van der Waals surface area (Å²) < 4.78 is 25.0. The van der Waals surface area contributed by atoms with Crippen LogP contribution < -0.4 is 10.4 Å². The van der Waals surface area contributed by atoms with E-state index in [-0.39, 0.29) is 24.0 Å². The van der Waals surface area contributed by atoms with Gasteiger partial charge < -0.3 is 18.6 Å². The van der Waals surface area contributed by atoms with Gasteiger partial charge in [-0.2, -0.15) is 0 Å². The van der Waals surface area contributed by atoms with Gasteiger partial charge in [0.2, 0.25) is 5.12 Å². The first-order valence-corrected chi connectivity index (χ1v) is 15.8. The highest BCUT2D eigenvalue weighted by Crippen LogP contribution is 2.38. The molecule has 0 aliphatic carbocycles. The second kappa shape index (κ2) is 12.5. The predicted molar refractivity (Wildman–Crippen MR) is 161 cm³/mol. The quantitative estimate of drug-likeness (QED) is 0.263. The van der Waals surface area contributed by atoms with Crippen molar-refractivity contribution in [2.75, 3.05) is 6.61 Å². The number of Topliss-reactive ketones (excluding diaryl/α,β-unsaturated/α-hetero) is 1. The van der Waals surface area contributed by atoms with Crippen LogP contribution in [-0.2, 0) is 34.8 Å². The lowest BCUT2D eigenvalue weighted by Gasteiger charge is -2.43. The molecule has 212 valence electrons. The molecule has 3 atom stereocenters. The van der Waals surface area contributed by atoms with E-state index in [0.29, 0.717) is 0 Å². The molecule has 6 nitrogen and oxygen atoms in total. The van der Waals surface area contributed by atoms with Crippen LogP contribution in [0.5, 0.6) is 0 Å². The second-order valence-corrected chi connectivity index (χ2v) is 16.2. The maximum absolute atomic E-state index is 13.9. The van der Waals surface area contributed by atoms with Crippen molar-refractivity contribution in [3.63, 3.8) is 0 Å². The van der Waals surface area contributed by atoms with Crippen LogP contribution in [0, 0.1) is 0 Å². The minimum Gasteiger partial charge on any atom is -0.400 e. The number of ketones is 1. The van der Waals surface area contributed by atoms with Gasteiger partial charge >= 0.3 is 0 Å². The summed E-state index contributed by atoms with van der Waals surface area (Å²) in [6.45, 7) is 9.84. The summed E-state index contributed by atoms with van der Waals surface area (Å²) in [5.41, 5.74) is 0.887. The van der Waals surface area contributed by atoms with Gasteiger partial charge in [0, 0.05) is 0 Å². The summed E-state index contributed by atoms with van der Waals surface area (Å²) in [6.07, 6.45) is -3.14. The minimum absolute atomic E-state index is 0.164. The Balaban J connectivity index is 1.63. The normalized spacial score (nSPS) is 19.8. The van der Waals surface area contributed by atoms with E-state index in [1.165, 1.54) is 0 Å². The second-order valence-electron chi connectivity index (χ2n) is 11.5. The van der Waals surface area contributed by atoms with Gasteiger partial charge in [-0.15, -0.1) is 12.6 Å². The lowest BCUT2D eigenvalue weighted by molar-refractivity contribution is -0.164. The Morgan fingerprint density at radius 2 is 1.38 bits per heavy atom. The van der Waals surface area contributed by atoms with Crippen molar-refractivity contribution in [1.82, 2.24) is 0 Å². The van der Waals surface area contributed by atoms with Crippen molar-refractivity contribution in [3.8, 4) is 0 Å². The maximum atomic E-state index is 13.9. The Labute approximate surface area is 243 Å². The van der Waals surface area contributed by atoms with Crippen LogP contribution >= 0.6 is 12.6 Å². The van der Waals surface area contributed by atoms with Gasteiger partial charge in [-0.25, -0.2) is 0 Å². The van der Waals surface area contributed by atoms with Crippen LogP contribution in [0.1, 0.15) is 40.2 Å². The Morgan fingerprint density at radius 3 is 1.85 bits per heavy atom. The van der Waals surface area contributed by atoms with Crippen molar-refractivity contribution >= 4 is 42.2 Å². The Kier molecular flexibility index (Phi) is 9.50. The molecule has 0 aromatic heterocycles. The Morgan fingerprint density at radius 1 is 0.875 bits per heavy atom. The first-order valence-electron chi connectivity index (χ1n) is 13.5. The van der Waals surface area contributed by atoms with E-state index in [1.807, 2.05) is 66.7 Å². The third-order valence-electron chi connectivity index (χ3n) is 7.11. The molecular formula is C32H38O6SSi. The van der Waals surface area contributed by atoms with Crippen molar-refractivity contribution in [1.29, 1.82) is 0 Å².